The number of thioether (sulfide) groups is 1. The Morgan fingerprint density at radius 3 is 2.55 bits per heavy atom. The van der Waals surface area contributed by atoms with Crippen LogP contribution in [-0.4, -0.2) is 6.26 Å². The monoisotopic (exact) mass is 238 g/mol. The molecule has 11 heavy (non-hydrogen) atoms. The normalized spacial score (nSPS) is 10.2. The molecule has 0 unspecified atom stereocenters. The summed E-state index contributed by atoms with van der Waals surface area (Å²) in [4.78, 5) is 0.317. The van der Waals surface area contributed by atoms with Gasteiger partial charge in [0, 0.05) is 9.37 Å². The molecule has 60 valence electrons. The molecule has 0 saturated heterocycles. The molecule has 0 bridgehead atoms. The van der Waals surface area contributed by atoms with Crippen LogP contribution in [0.15, 0.2) is 21.5 Å². The fourth-order valence-electron chi connectivity index (χ4n) is 0.681. The largest absolute Gasteiger partial charge is 0.204 e. The second-order valence-electron chi connectivity index (χ2n) is 1.90. The van der Waals surface area contributed by atoms with Crippen molar-refractivity contribution in [3.8, 4) is 0 Å². The molecule has 0 nitrogen and oxygen atoms in total. The van der Waals surface area contributed by atoms with Crippen molar-refractivity contribution < 1.29 is 8.78 Å². The van der Waals surface area contributed by atoms with Crippen LogP contribution in [0.5, 0.6) is 0 Å². The molecule has 0 N–H and O–H groups in total. The van der Waals surface area contributed by atoms with Gasteiger partial charge in [0.15, 0.2) is 11.6 Å². The fraction of sp³-hybridized carbons (Fsp3) is 0.143. The molecule has 0 aromatic heterocycles. The molecule has 0 heterocycles. The molecule has 4 heteroatoms. The molecule has 1 aromatic carbocycles. The van der Waals surface area contributed by atoms with Gasteiger partial charge >= 0.3 is 0 Å². The SMILES string of the molecule is CSc1cc(Br)cc(F)c1F. The molecule has 0 aliphatic rings. The lowest BCUT2D eigenvalue weighted by molar-refractivity contribution is 0.491. The zero-order valence-electron chi connectivity index (χ0n) is 5.70. The minimum absolute atomic E-state index is 0.317. The highest BCUT2D eigenvalue weighted by Gasteiger charge is 2.07. The van der Waals surface area contributed by atoms with Gasteiger partial charge in [-0.1, -0.05) is 15.9 Å². The summed E-state index contributed by atoms with van der Waals surface area (Å²) < 4.78 is 25.9. The van der Waals surface area contributed by atoms with Gasteiger partial charge in [-0.2, -0.15) is 0 Å². The zero-order chi connectivity index (χ0) is 8.43. The van der Waals surface area contributed by atoms with Crippen LogP contribution in [0.2, 0.25) is 0 Å². The van der Waals surface area contributed by atoms with E-state index in [0.29, 0.717) is 9.37 Å². The number of rotatable bonds is 1. The Morgan fingerprint density at radius 2 is 2.00 bits per heavy atom. The average molecular weight is 239 g/mol. The van der Waals surface area contributed by atoms with Crippen molar-refractivity contribution in [3.63, 3.8) is 0 Å². The zero-order valence-corrected chi connectivity index (χ0v) is 8.10. The lowest BCUT2D eigenvalue weighted by atomic mass is 10.3. The van der Waals surface area contributed by atoms with Crippen molar-refractivity contribution in [1.29, 1.82) is 0 Å². The lowest BCUT2D eigenvalue weighted by Crippen LogP contribution is -1.86. The first kappa shape index (κ1) is 9.00. The molecule has 0 aliphatic carbocycles. The van der Waals surface area contributed by atoms with Crippen LogP contribution < -0.4 is 0 Å². The van der Waals surface area contributed by atoms with Crippen molar-refractivity contribution in [3.05, 3.63) is 28.2 Å². The van der Waals surface area contributed by atoms with E-state index < -0.39 is 11.6 Å². The van der Waals surface area contributed by atoms with Crippen molar-refractivity contribution in [2.75, 3.05) is 6.26 Å². The Morgan fingerprint density at radius 1 is 1.36 bits per heavy atom. The molecule has 0 radical (unpaired) electrons. The molecule has 0 saturated carbocycles. The Bertz CT molecular complexity index is 275. The molecular weight excluding hydrogens is 234 g/mol. The second kappa shape index (κ2) is 3.54. The maximum absolute atomic E-state index is 12.8. The van der Waals surface area contributed by atoms with E-state index in [4.69, 9.17) is 0 Å². The topological polar surface area (TPSA) is 0 Å². The molecule has 1 aromatic rings. The van der Waals surface area contributed by atoms with Crippen LogP contribution in [0.1, 0.15) is 0 Å². The molecule has 0 fully saturated rings. The van der Waals surface area contributed by atoms with Crippen LogP contribution in [0.3, 0.4) is 0 Å². The van der Waals surface area contributed by atoms with Gasteiger partial charge in [0.05, 0.1) is 0 Å². The molecule has 0 atom stereocenters. The Hall–Kier alpha value is -0.0900. The summed E-state index contributed by atoms with van der Waals surface area (Å²) in [5.41, 5.74) is 0. The van der Waals surface area contributed by atoms with Crippen LogP contribution in [-0.2, 0) is 0 Å². The number of hydrogen-bond donors (Lipinski definition) is 0. The van der Waals surface area contributed by atoms with Gasteiger partial charge in [-0.25, -0.2) is 8.78 Å². The fourth-order valence-corrected chi connectivity index (χ4v) is 1.78. The predicted octanol–water partition coefficient (Wildman–Crippen LogP) is 3.45. The Balaban J connectivity index is 3.24. The summed E-state index contributed by atoms with van der Waals surface area (Å²) in [5.74, 6) is -1.59. The average Bonchev–Trinajstić information content (AvgIpc) is 1.96. The van der Waals surface area contributed by atoms with Crippen LogP contribution in [0.25, 0.3) is 0 Å². The number of halogens is 3. The van der Waals surface area contributed by atoms with E-state index in [1.54, 1.807) is 12.3 Å². The highest BCUT2D eigenvalue weighted by molar-refractivity contribution is 9.10. The Labute approximate surface area is 76.1 Å². The van der Waals surface area contributed by atoms with Crippen molar-refractivity contribution in [2.45, 2.75) is 4.90 Å². The molecule has 1 rings (SSSR count). The first-order valence-corrected chi connectivity index (χ1v) is 4.85. The Kier molecular flexibility index (Phi) is 2.90. The number of hydrogen-bond acceptors (Lipinski definition) is 1. The highest BCUT2D eigenvalue weighted by atomic mass is 79.9. The van der Waals surface area contributed by atoms with Crippen molar-refractivity contribution in [1.82, 2.24) is 0 Å². The summed E-state index contributed by atoms with van der Waals surface area (Å²) in [5, 5.41) is 0. The van der Waals surface area contributed by atoms with E-state index in [9.17, 15) is 8.78 Å². The van der Waals surface area contributed by atoms with Crippen molar-refractivity contribution >= 4 is 27.7 Å². The van der Waals surface area contributed by atoms with Gasteiger partial charge in [-0.15, -0.1) is 11.8 Å². The van der Waals surface area contributed by atoms with Crippen LogP contribution in [0, 0.1) is 11.6 Å². The minimum atomic E-state index is -0.816. The van der Waals surface area contributed by atoms with E-state index in [0.717, 1.165) is 6.07 Å². The summed E-state index contributed by atoms with van der Waals surface area (Å²) in [6.07, 6.45) is 1.70. The van der Waals surface area contributed by atoms with E-state index in [1.807, 2.05) is 0 Å². The van der Waals surface area contributed by atoms with Gasteiger partial charge in [0.1, 0.15) is 0 Å². The van der Waals surface area contributed by atoms with Crippen molar-refractivity contribution in [2.24, 2.45) is 0 Å². The maximum Gasteiger partial charge on any atom is 0.172 e. The standard InChI is InChI=1S/C7H5BrF2S/c1-11-6-3-4(8)2-5(9)7(6)10/h2-3H,1H3. The van der Waals surface area contributed by atoms with Gasteiger partial charge in [-0.3, -0.25) is 0 Å². The predicted molar refractivity (Wildman–Crippen MR) is 45.8 cm³/mol. The lowest BCUT2D eigenvalue weighted by Gasteiger charge is -2.00. The highest BCUT2D eigenvalue weighted by Crippen LogP contribution is 2.25. The van der Waals surface area contributed by atoms with Crippen LogP contribution >= 0.6 is 27.7 Å². The first-order valence-electron chi connectivity index (χ1n) is 2.83. The van der Waals surface area contributed by atoms with Crippen LogP contribution in [0.4, 0.5) is 8.78 Å². The van der Waals surface area contributed by atoms with E-state index in [1.165, 1.54) is 11.8 Å². The summed E-state index contributed by atoms with van der Waals surface area (Å²) in [6, 6.07) is 2.65. The molecule has 0 amide bonds. The smallest absolute Gasteiger partial charge is 0.172 e. The van der Waals surface area contributed by atoms with Gasteiger partial charge in [-0.05, 0) is 18.4 Å². The second-order valence-corrected chi connectivity index (χ2v) is 3.67. The van der Waals surface area contributed by atoms with E-state index >= 15 is 0 Å². The van der Waals surface area contributed by atoms with Gasteiger partial charge in [0.2, 0.25) is 0 Å². The third-order valence-corrected chi connectivity index (χ3v) is 2.37. The van der Waals surface area contributed by atoms with Gasteiger partial charge in [0.25, 0.3) is 0 Å². The van der Waals surface area contributed by atoms with Gasteiger partial charge < -0.3 is 0 Å². The molecular formula is C7H5BrF2S. The minimum Gasteiger partial charge on any atom is -0.204 e. The summed E-state index contributed by atoms with van der Waals surface area (Å²) in [7, 11) is 0. The summed E-state index contributed by atoms with van der Waals surface area (Å²) in [6.45, 7) is 0. The third-order valence-electron chi connectivity index (χ3n) is 1.18. The quantitative estimate of drug-likeness (QED) is 0.534. The third kappa shape index (κ3) is 1.93. The molecule has 0 aliphatic heterocycles. The summed E-state index contributed by atoms with van der Waals surface area (Å²) >= 11 is 4.25. The molecule has 0 spiro atoms. The number of benzene rings is 1. The van der Waals surface area contributed by atoms with E-state index in [-0.39, 0.29) is 0 Å². The van der Waals surface area contributed by atoms with E-state index in [2.05, 4.69) is 15.9 Å². The maximum atomic E-state index is 12.8. The first-order chi connectivity index (χ1) is 5.15.